The van der Waals surface area contributed by atoms with Gasteiger partial charge in [0.1, 0.15) is 0 Å². The number of rotatable bonds is 7. The Bertz CT molecular complexity index is 384. The first kappa shape index (κ1) is 15.2. The molecule has 1 atom stereocenters. The van der Waals surface area contributed by atoms with Gasteiger partial charge in [0.25, 0.3) is 10.2 Å². The summed E-state index contributed by atoms with van der Waals surface area (Å²) >= 11 is 0. The summed E-state index contributed by atoms with van der Waals surface area (Å²) in [7, 11) is -1.35. The maximum Gasteiger partial charge on any atom is 0.279 e. The van der Waals surface area contributed by atoms with Crippen LogP contribution in [0.1, 0.15) is 25.7 Å². The Morgan fingerprint density at radius 2 is 2.11 bits per heavy atom. The van der Waals surface area contributed by atoms with E-state index in [0.29, 0.717) is 25.7 Å². The molecule has 0 bridgehead atoms. The summed E-state index contributed by atoms with van der Waals surface area (Å²) < 4.78 is 28.4. The lowest BCUT2D eigenvalue weighted by molar-refractivity contribution is 0.164. The molecule has 19 heavy (non-hydrogen) atoms. The zero-order chi connectivity index (χ0) is 13.9. The molecular weight excluding hydrogens is 266 g/mol. The smallest absolute Gasteiger partial charge is 0.279 e. The Balaban J connectivity index is 1.76. The maximum atomic E-state index is 12.1. The standard InChI is InChI=1S/C12H25N3O3S/c1-14(12-4-5-12)8-6-13-19(17,18)15-7-2-3-11(9-15)10-16/h11-13,16H,2-10H2,1H3. The van der Waals surface area contributed by atoms with Crippen molar-refractivity contribution in [1.29, 1.82) is 0 Å². The summed E-state index contributed by atoms with van der Waals surface area (Å²) in [6.45, 7) is 2.27. The van der Waals surface area contributed by atoms with Crippen molar-refractivity contribution >= 4 is 10.2 Å². The second-order valence-electron chi connectivity index (χ2n) is 5.66. The Kier molecular flexibility index (Phi) is 5.19. The molecule has 6 nitrogen and oxygen atoms in total. The molecule has 2 rings (SSSR count). The molecule has 1 aliphatic carbocycles. The molecule has 1 saturated heterocycles. The largest absolute Gasteiger partial charge is 0.396 e. The minimum atomic E-state index is -3.38. The average molecular weight is 291 g/mol. The summed E-state index contributed by atoms with van der Waals surface area (Å²) in [5, 5.41) is 9.14. The Morgan fingerprint density at radius 3 is 2.74 bits per heavy atom. The van der Waals surface area contributed by atoms with E-state index in [1.165, 1.54) is 17.1 Å². The van der Waals surface area contributed by atoms with E-state index in [-0.39, 0.29) is 12.5 Å². The lowest BCUT2D eigenvalue weighted by Crippen LogP contribution is -2.48. The number of piperidine rings is 1. The second kappa shape index (κ2) is 6.49. The Hall–Kier alpha value is -0.210. The number of aliphatic hydroxyl groups excluding tert-OH is 1. The normalized spacial score (nSPS) is 25.9. The molecule has 2 aliphatic rings. The molecule has 0 aromatic heterocycles. The zero-order valence-corrected chi connectivity index (χ0v) is 12.4. The van der Waals surface area contributed by atoms with E-state index in [9.17, 15) is 8.42 Å². The SMILES string of the molecule is CN(CCNS(=O)(=O)N1CCCC(CO)C1)C1CC1. The maximum absolute atomic E-state index is 12.1. The molecule has 0 amide bonds. The highest BCUT2D eigenvalue weighted by molar-refractivity contribution is 7.87. The van der Waals surface area contributed by atoms with Crippen LogP contribution in [0, 0.1) is 5.92 Å². The predicted molar refractivity (Wildman–Crippen MR) is 74.0 cm³/mol. The first-order chi connectivity index (χ1) is 9.03. The molecule has 112 valence electrons. The van der Waals surface area contributed by atoms with Gasteiger partial charge in [0.15, 0.2) is 0 Å². The van der Waals surface area contributed by atoms with Gasteiger partial charge in [-0.1, -0.05) is 0 Å². The highest BCUT2D eigenvalue weighted by Gasteiger charge is 2.29. The van der Waals surface area contributed by atoms with E-state index < -0.39 is 10.2 Å². The fourth-order valence-corrected chi connectivity index (χ4v) is 3.84. The molecule has 0 radical (unpaired) electrons. The summed E-state index contributed by atoms with van der Waals surface area (Å²) in [6, 6.07) is 0.651. The van der Waals surface area contributed by atoms with Crippen LogP contribution in [0.15, 0.2) is 0 Å². The van der Waals surface area contributed by atoms with Gasteiger partial charge in [-0.2, -0.15) is 12.7 Å². The fraction of sp³-hybridized carbons (Fsp3) is 1.00. The van der Waals surface area contributed by atoms with Gasteiger partial charge in [-0.15, -0.1) is 0 Å². The molecule has 1 aliphatic heterocycles. The second-order valence-corrected chi connectivity index (χ2v) is 7.42. The first-order valence-corrected chi connectivity index (χ1v) is 8.53. The van der Waals surface area contributed by atoms with Crippen LogP contribution in [0.2, 0.25) is 0 Å². The summed E-state index contributed by atoms with van der Waals surface area (Å²) in [5.74, 6) is 0.0828. The topological polar surface area (TPSA) is 72.9 Å². The lowest BCUT2D eigenvalue weighted by atomic mass is 10.0. The molecule has 7 heteroatoms. The van der Waals surface area contributed by atoms with E-state index >= 15 is 0 Å². The van der Waals surface area contributed by atoms with Gasteiger partial charge in [-0.25, -0.2) is 4.72 Å². The van der Waals surface area contributed by atoms with Crippen molar-refractivity contribution < 1.29 is 13.5 Å². The van der Waals surface area contributed by atoms with E-state index in [2.05, 4.69) is 9.62 Å². The number of nitrogens with one attached hydrogen (secondary N) is 1. The predicted octanol–water partition coefficient (Wildman–Crippen LogP) is -0.381. The summed E-state index contributed by atoms with van der Waals surface area (Å²) in [4.78, 5) is 2.20. The van der Waals surface area contributed by atoms with Gasteiger partial charge in [-0.05, 0) is 38.6 Å². The number of hydrogen-bond donors (Lipinski definition) is 2. The van der Waals surface area contributed by atoms with Crippen molar-refractivity contribution in [3.8, 4) is 0 Å². The molecule has 0 spiro atoms. The number of nitrogens with zero attached hydrogens (tertiary/aromatic N) is 2. The van der Waals surface area contributed by atoms with Crippen LogP contribution in [-0.2, 0) is 10.2 Å². The minimum Gasteiger partial charge on any atom is -0.396 e. The van der Waals surface area contributed by atoms with Gasteiger partial charge >= 0.3 is 0 Å². The molecule has 1 saturated carbocycles. The minimum absolute atomic E-state index is 0.0659. The monoisotopic (exact) mass is 291 g/mol. The van der Waals surface area contributed by atoms with Crippen LogP contribution in [-0.4, -0.2) is 68.6 Å². The third-order valence-corrected chi connectivity index (χ3v) is 5.58. The van der Waals surface area contributed by atoms with E-state index in [1.807, 2.05) is 7.05 Å². The Morgan fingerprint density at radius 1 is 1.37 bits per heavy atom. The van der Waals surface area contributed by atoms with Gasteiger partial charge in [-0.3, -0.25) is 0 Å². The van der Waals surface area contributed by atoms with Crippen molar-refractivity contribution in [3.63, 3.8) is 0 Å². The van der Waals surface area contributed by atoms with Gasteiger partial charge < -0.3 is 10.0 Å². The molecule has 2 fully saturated rings. The van der Waals surface area contributed by atoms with Crippen LogP contribution in [0.25, 0.3) is 0 Å². The number of aliphatic hydroxyl groups is 1. The lowest BCUT2D eigenvalue weighted by Gasteiger charge is -2.31. The highest BCUT2D eigenvalue weighted by Crippen LogP contribution is 2.24. The van der Waals surface area contributed by atoms with Crippen molar-refractivity contribution in [2.45, 2.75) is 31.7 Å². The van der Waals surface area contributed by atoms with Crippen LogP contribution in [0.3, 0.4) is 0 Å². The van der Waals surface area contributed by atoms with Crippen LogP contribution < -0.4 is 4.72 Å². The van der Waals surface area contributed by atoms with Crippen molar-refractivity contribution in [3.05, 3.63) is 0 Å². The van der Waals surface area contributed by atoms with Gasteiger partial charge in [0.2, 0.25) is 0 Å². The summed E-state index contributed by atoms with van der Waals surface area (Å²) in [6.07, 6.45) is 4.20. The van der Waals surface area contributed by atoms with Gasteiger partial charge in [0, 0.05) is 38.8 Å². The molecule has 1 unspecified atom stereocenters. The first-order valence-electron chi connectivity index (χ1n) is 7.09. The molecule has 0 aromatic rings. The van der Waals surface area contributed by atoms with Crippen LogP contribution >= 0.6 is 0 Å². The summed E-state index contributed by atoms with van der Waals surface area (Å²) in [5.41, 5.74) is 0. The third kappa shape index (κ3) is 4.39. The number of hydrogen-bond acceptors (Lipinski definition) is 4. The highest BCUT2D eigenvalue weighted by atomic mass is 32.2. The van der Waals surface area contributed by atoms with Crippen LogP contribution in [0.4, 0.5) is 0 Å². The quantitative estimate of drug-likeness (QED) is 0.671. The van der Waals surface area contributed by atoms with E-state index in [1.54, 1.807) is 0 Å². The fourth-order valence-electron chi connectivity index (χ4n) is 2.53. The van der Waals surface area contributed by atoms with Crippen molar-refractivity contribution in [2.75, 3.05) is 39.8 Å². The Labute approximate surface area is 116 Å². The number of likely N-dealkylation sites (N-methyl/N-ethyl adjacent to an activating group) is 1. The third-order valence-electron chi connectivity index (χ3n) is 4.00. The average Bonchev–Trinajstić information content (AvgIpc) is 3.23. The van der Waals surface area contributed by atoms with Gasteiger partial charge in [0.05, 0.1) is 0 Å². The van der Waals surface area contributed by atoms with Crippen molar-refractivity contribution in [1.82, 2.24) is 13.9 Å². The molecule has 2 N–H and O–H groups in total. The van der Waals surface area contributed by atoms with Crippen LogP contribution in [0.5, 0.6) is 0 Å². The molecule has 0 aromatic carbocycles. The van der Waals surface area contributed by atoms with Crippen molar-refractivity contribution in [2.24, 2.45) is 5.92 Å². The van der Waals surface area contributed by atoms with E-state index in [4.69, 9.17) is 5.11 Å². The zero-order valence-electron chi connectivity index (χ0n) is 11.6. The molecule has 1 heterocycles. The molecular formula is C12H25N3O3S. The van der Waals surface area contributed by atoms with E-state index in [0.717, 1.165) is 19.4 Å².